The molecule has 116 valence electrons. The van der Waals surface area contributed by atoms with E-state index in [1.165, 1.54) is 13.2 Å². The Morgan fingerprint density at radius 3 is 2.86 bits per heavy atom. The first-order valence-corrected chi connectivity index (χ1v) is 7.87. The van der Waals surface area contributed by atoms with Gasteiger partial charge in [0.25, 0.3) is 0 Å². The lowest BCUT2D eigenvalue weighted by Crippen LogP contribution is -2.26. The molecule has 0 aliphatic carbocycles. The fourth-order valence-corrected chi connectivity index (χ4v) is 2.76. The van der Waals surface area contributed by atoms with Crippen molar-refractivity contribution < 1.29 is 22.7 Å². The minimum Gasteiger partial charge on any atom is -0.395 e. The summed E-state index contributed by atoms with van der Waals surface area (Å²) in [4.78, 5) is -0.0771. The Morgan fingerprint density at radius 1 is 1.43 bits per heavy atom. The summed E-state index contributed by atoms with van der Waals surface area (Å²) >= 11 is 0. The number of benzene rings is 1. The Kier molecular flexibility index (Phi) is 7.32. The Hall–Kier alpha value is -1.46. The summed E-state index contributed by atoms with van der Waals surface area (Å²) in [5.41, 5.74) is 0.0719. The van der Waals surface area contributed by atoms with Gasteiger partial charge in [-0.05, 0) is 24.6 Å². The number of nitrogens with one attached hydrogen (secondary N) is 1. The molecular formula is C14H18FNO4S. The van der Waals surface area contributed by atoms with E-state index in [4.69, 9.17) is 9.84 Å². The summed E-state index contributed by atoms with van der Waals surface area (Å²) in [5, 5.41) is 8.68. The van der Waals surface area contributed by atoms with E-state index in [0.29, 0.717) is 13.0 Å². The molecule has 1 rings (SSSR count). The smallest absolute Gasteiger partial charge is 0.241 e. The SMILES string of the molecule is COCCCNS(=O)(=O)c1ccc(F)cc1C#CCCO. The number of sulfonamides is 1. The third kappa shape index (κ3) is 5.81. The number of methoxy groups -OCH3 is 1. The van der Waals surface area contributed by atoms with Crippen LogP contribution in [0.15, 0.2) is 23.1 Å². The minimum atomic E-state index is -3.76. The van der Waals surface area contributed by atoms with Gasteiger partial charge in [-0.2, -0.15) is 0 Å². The van der Waals surface area contributed by atoms with Crippen LogP contribution in [0.3, 0.4) is 0 Å². The van der Waals surface area contributed by atoms with Crippen molar-refractivity contribution >= 4 is 10.0 Å². The highest BCUT2D eigenvalue weighted by molar-refractivity contribution is 7.89. The summed E-state index contributed by atoms with van der Waals surface area (Å²) in [5.74, 6) is 4.59. The molecule has 1 aromatic rings. The summed E-state index contributed by atoms with van der Waals surface area (Å²) in [6.45, 7) is 0.520. The molecular weight excluding hydrogens is 297 g/mol. The van der Waals surface area contributed by atoms with E-state index in [1.54, 1.807) is 0 Å². The molecule has 0 unspecified atom stereocenters. The Labute approximate surface area is 124 Å². The van der Waals surface area contributed by atoms with Crippen molar-refractivity contribution in [2.75, 3.05) is 26.9 Å². The van der Waals surface area contributed by atoms with Crippen LogP contribution in [0.2, 0.25) is 0 Å². The summed E-state index contributed by atoms with van der Waals surface area (Å²) < 4.78 is 44.8. The van der Waals surface area contributed by atoms with Crippen LogP contribution in [-0.4, -0.2) is 40.4 Å². The normalized spacial score (nSPS) is 11.0. The molecule has 0 bridgehead atoms. The monoisotopic (exact) mass is 315 g/mol. The van der Waals surface area contributed by atoms with Crippen LogP contribution in [0.4, 0.5) is 4.39 Å². The molecule has 21 heavy (non-hydrogen) atoms. The van der Waals surface area contributed by atoms with Gasteiger partial charge in [-0.25, -0.2) is 17.5 Å². The van der Waals surface area contributed by atoms with Gasteiger partial charge >= 0.3 is 0 Å². The summed E-state index contributed by atoms with van der Waals surface area (Å²) in [6.07, 6.45) is 0.722. The van der Waals surface area contributed by atoms with E-state index < -0.39 is 15.8 Å². The first kappa shape index (κ1) is 17.6. The third-order valence-electron chi connectivity index (χ3n) is 2.51. The van der Waals surface area contributed by atoms with Crippen LogP contribution in [-0.2, 0) is 14.8 Å². The van der Waals surface area contributed by atoms with Crippen molar-refractivity contribution in [1.82, 2.24) is 4.72 Å². The zero-order valence-corrected chi connectivity index (χ0v) is 12.5. The minimum absolute atomic E-state index is 0.0719. The zero-order chi connectivity index (χ0) is 15.7. The molecule has 7 heteroatoms. The predicted octanol–water partition coefficient (Wildman–Crippen LogP) is 0.874. The molecule has 0 atom stereocenters. The van der Waals surface area contributed by atoms with Gasteiger partial charge in [-0.3, -0.25) is 0 Å². The number of aliphatic hydroxyl groups is 1. The number of hydrogen-bond acceptors (Lipinski definition) is 4. The van der Waals surface area contributed by atoms with E-state index in [1.807, 2.05) is 0 Å². The molecule has 0 saturated heterocycles. The fourth-order valence-electron chi connectivity index (χ4n) is 1.55. The van der Waals surface area contributed by atoms with Gasteiger partial charge in [-0.15, -0.1) is 0 Å². The first-order chi connectivity index (χ1) is 10.0. The van der Waals surface area contributed by atoms with Gasteiger partial charge in [0.1, 0.15) is 5.82 Å². The van der Waals surface area contributed by atoms with Crippen molar-refractivity contribution in [3.63, 3.8) is 0 Å². The molecule has 1 aromatic carbocycles. The second-order valence-corrected chi connectivity index (χ2v) is 5.90. The third-order valence-corrected chi connectivity index (χ3v) is 4.03. The Morgan fingerprint density at radius 2 is 2.19 bits per heavy atom. The molecule has 0 aliphatic heterocycles. The maximum atomic E-state index is 13.2. The summed E-state index contributed by atoms with van der Waals surface area (Å²) in [6, 6.07) is 3.31. The Bertz CT molecular complexity index is 620. The number of hydrogen-bond donors (Lipinski definition) is 2. The topological polar surface area (TPSA) is 75.6 Å². The van der Waals surface area contributed by atoms with Crippen LogP contribution in [0.25, 0.3) is 0 Å². The van der Waals surface area contributed by atoms with Crippen LogP contribution in [0, 0.1) is 17.7 Å². The quantitative estimate of drug-likeness (QED) is 0.578. The molecule has 0 amide bonds. The van der Waals surface area contributed by atoms with Gasteiger partial charge in [0, 0.05) is 32.2 Å². The standard InChI is InChI=1S/C14H18FNO4S/c1-20-10-4-8-16-21(18,19)14-7-6-13(15)11-12(14)5-2-3-9-17/h6-7,11,16-17H,3-4,8-10H2,1H3. The molecule has 0 radical (unpaired) electrons. The largest absolute Gasteiger partial charge is 0.395 e. The van der Waals surface area contributed by atoms with Crippen LogP contribution in [0.5, 0.6) is 0 Å². The number of halogens is 1. The average molecular weight is 315 g/mol. The fraction of sp³-hybridized carbons (Fsp3) is 0.429. The molecule has 0 heterocycles. The van der Waals surface area contributed by atoms with Gasteiger partial charge < -0.3 is 9.84 Å². The van der Waals surface area contributed by atoms with Crippen molar-refractivity contribution in [1.29, 1.82) is 0 Å². The van der Waals surface area contributed by atoms with E-state index in [9.17, 15) is 12.8 Å². The van der Waals surface area contributed by atoms with Gasteiger partial charge in [0.15, 0.2) is 0 Å². The average Bonchev–Trinajstić information content (AvgIpc) is 2.44. The summed E-state index contributed by atoms with van der Waals surface area (Å²) in [7, 11) is -2.23. The maximum Gasteiger partial charge on any atom is 0.241 e. The predicted molar refractivity (Wildman–Crippen MR) is 76.7 cm³/mol. The number of ether oxygens (including phenoxy) is 1. The van der Waals surface area contributed by atoms with Crippen molar-refractivity contribution in [2.45, 2.75) is 17.7 Å². The highest BCUT2D eigenvalue weighted by Gasteiger charge is 2.17. The zero-order valence-electron chi connectivity index (χ0n) is 11.7. The molecule has 2 N–H and O–H groups in total. The lowest BCUT2D eigenvalue weighted by molar-refractivity contribution is 0.196. The number of rotatable bonds is 7. The van der Waals surface area contributed by atoms with Gasteiger partial charge in [-0.1, -0.05) is 11.8 Å². The molecule has 0 saturated carbocycles. The molecule has 5 nitrogen and oxygen atoms in total. The van der Waals surface area contributed by atoms with E-state index in [2.05, 4.69) is 16.6 Å². The van der Waals surface area contributed by atoms with Crippen LogP contribution in [0.1, 0.15) is 18.4 Å². The molecule has 0 aliphatic rings. The van der Waals surface area contributed by atoms with Crippen molar-refractivity contribution in [3.8, 4) is 11.8 Å². The highest BCUT2D eigenvalue weighted by atomic mass is 32.2. The maximum absolute atomic E-state index is 13.2. The first-order valence-electron chi connectivity index (χ1n) is 6.39. The van der Waals surface area contributed by atoms with E-state index in [-0.39, 0.29) is 30.0 Å². The second kappa shape index (κ2) is 8.74. The van der Waals surface area contributed by atoms with Crippen LogP contribution >= 0.6 is 0 Å². The van der Waals surface area contributed by atoms with E-state index >= 15 is 0 Å². The lowest BCUT2D eigenvalue weighted by Gasteiger charge is -2.08. The van der Waals surface area contributed by atoms with Gasteiger partial charge in [0.2, 0.25) is 10.0 Å². The lowest BCUT2D eigenvalue weighted by atomic mass is 10.2. The van der Waals surface area contributed by atoms with Crippen LogP contribution < -0.4 is 4.72 Å². The second-order valence-electron chi connectivity index (χ2n) is 4.16. The van der Waals surface area contributed by atoms with Gasteiger partial charge in [0.05, 0.1) is 11.5 Å². The van der Waals surface area contributed by atoms with Crippen molar-refractivity contribution in [2.24, 2.45) is 0 Å². The highest BCUT2D eigenvalue weighted by Crippen LogP contribution is 2.16. The number of aliphatic hydroxyl groups excluding tert-OH is 1. The molecule has 0 fully saturated rings. The Balaban J connectivity index is 2.97. The molecule has 0 spiro atoms. The van der Waals surface area contributed by atoms with E-state index in [0.717, 1.165) is 12.1 Å². The van der Waals surface area contributed by atoms with Crippen molar-refractivity contribution in [3.05, 3.63) is 29.6 Å². The molecule has 0 aromatic heterocycles.